The van der Waals surface area contributed by atoms with Gasteiger partial charge in [-0.05, 0) is 31.7 Å². The highest BCUT2D eigenvalue weighted by atomic mass is 16.4. The maximum atomic E-state index is 12.2. The number of carboxylic acid groups (broad SMARTS) is 1. The molecule has 0 unspecified atom stereocenters. The fourth-order valence-corrected chi connectivity index (χ4v) is 2.34. The maximum Gasteiger partial charge on any atom is 0.329 e. The summed E-state index contributed by atoms with van der Waals surface area (Å²) in [5, 5.41) is 11.9. The number of carbonyl (C=O) groups excluding carboxylic acids is 1. The van der Waals surface area contributed by atoms with Crippen molar-refractivity contribution in [3.8, 4) is 0 Å². The van der Waals surface area contributed by atoms with Crippen LogP contribution >= 0.6 is 0 Å². The molecule has 2 rings (SSSR count). The van der Waals surface area contributed by atoms with Gasteiger partial charge in [0, 0.05) is 13.1 Å². The van der Waals surface area contributed by atoms with Gasteiger partial charge in [-0.15, -0.1) is 0 Å². The zero-order chi connectivity index (χ0) is 14.6. The lowest BCUT2D eigenvalue weighted by molar-refractivity contribution is -0.148. The van der Waals surface area contributed by atoms with Crippen LogP contribution in [0.4, 0.5) is 4.79 Å². The van der Waals surface area contributed by atoms with Crippen LogP contribution in [0, 0.1) is 0 Å². The van der Waals surface area contributed by atoms with Gasteiger partial charge in [0.2, 0.25) is 0 Å². The van der Waals surface area contributed by atoms with Crippen LogP contribution in [0.3, 0.4) is 0 Å². The van der Waals surface area contributed by atoms with Crippen LogP contribution in [-0.4, -0.2) is 34.1 Å². The van der Waals surface area contributed by atoms with Crippen molar-refractivity contribution in [3.63, 3.8) is 0 Å². The van der Waals surface area contributed by atoms with Gasteiger partial charge in [-0.25, -0.2) is 9.59 Å². The van der Waals surface area contributed by atoms with E-state index in [4.69, 9.17) is 0 Å². The molecule has 0 saturated heterocycles. The molecule has 0 atom stereocenters. The monoisotopic (exact) mass is 276 g/mol. The fourth-order valence-electron chi connectivity index (χ4n) is 2.34. The van der Waals surface area contributed by atoms with E-state index in [2.05, 4.69) is 5.32 Å². The van der Waals surface area contributed by atoms with Gasteiger partial charge in [0.15, 0.2) is 0 Å². The minimum atomic E-state index is -1.05. The first kappa shape index (κ1) is 14.4. The predicted octanol–water partition coefficient (Wildman–Crippen LogP) is 2.23. The molecule has 20 heavy (non-hydrogen) atoms. The molecule has 1 aromatic carbocycles. The van der Waals surface area contributed by atoms with Gasteiger partial charge in [-0.1, -0.05) is 30.3 Å². The lowest BCUT2D eigenvalue weighted by Crippen LogP contribution is -2.61. The summed E-state index contributed by atoms with van der Waals surface area (Å²) >= 11 is 0. The molecule has 5 heteroatoms. The highest BCUT2D eigenvalue weighted by Crippen LogP contribution is 2.32. The molecule has 1 aliphatic carbocycles. The van der Waals surface area contributed by atoms with Crippen molar-refractivity contribution in [2.75, 3.05) is 6.54 Å². The molecule has 1 aliphatic rings. The number of aliphatic carboxylic acids is 1. The van der Waals surface area contributed by atoms with E-state index in [1.54, 1.807) is 4.90 Å². The van der Waals surface area contributed by atoms with Gasteiger partial charge >= 0.3 is 12.0 Å². The molecule has 2 amide bonds. The highest BCUT2D eigenvalue weighted by Gasteiger charge is 2.46. The zero-order valence-corrected chi connectivity index (χ0v) is 11.6. The first-order chi connectivity index (χ1) is 9.57. The number of hydrogen-bond acceptors (Lipinski definition) is 2. The number of amides is 2. The summed E-state index contributed by atoms with van der Waals surface area (Å²) in [5.41, 5.74) is -0.0243. The molecule has 108 valence electrons. The molecule has 1 aromatic rings. The Morgan fingerprint density at radius 1 is 1.30 bits per heavy atom. The largest absolute Gasteiger partial charge is 0.480 e. The lowest BCUT2D eigenvalue weighted by Gasteiger charge is -2.39. The third-order valence-corrected chi connectivity index (χ3v) is 3.85. The lowest BCUT2D eigenvalue weighted by atomic mass is 9.77. The summed E-state index contributed by atoms with van der Waals surface area (Å²) in [5.74, 6) is -0.937. The highest BCUT2D eigenvalue weighted by molar-refractivity contribution is 5.87. The average molecular weight is 276 g/mol. The minimum absolute atomic E-state index is 0.307. The molecule has 0 spiro atoms. The SMILES string of the molecule is CCN(Cc1ccccc1)C(=O)NC1(C(=O)O)CCC1. The minimum Gasteiger partial charge on any atom is -0.480 e. The van der Waals surface area contributed by atoms with E-state index in [1.807, 2.05) is 37.3 Å². The summed E-state index contributed by atoms with van der Waals surface area (Å²) in [7, 11) is 0. The van der Waals surface area contributed by atoms with Crippen molar-refractivity contribution in [3.05, 3.63) is 35.9 Å². The molecule has 0 heterocycles. The van der Waals surface area contributed by atoms with Crippen LogP contribution in [0.25, 0.3) is 0 Å². The Kier molecular flexibility index (Phi) is 4.27. The quantitative estimate of drug-likeness (QED) is 0.866. The van der Waals surface area contributed by atoms with Crippen LogP contribution in [0.1, 0.15) is 31.7 Å². The van der Waals surface area contributed by atoms with Gasteiger partial charge < -0.3 is 15.3 Å². The number of carbonyl (C=O) groups is 2. The van der Waals surface area contributed by atoms with Gasteiger partial charge in [0.25, 0.3) is 0 Å². The first-order valence-corrected chi connectivity index (χ1v) is 6.92. The molecule has 2 N–H and O–H groups in total. The number of rotatable bonds is 5. The van der Waals surface area contributed by atoms with E-state index >= 15 is 0 Å². The smallest absolute Gasteiger partial charge is 0.329 e. The van der Waals surface area contributed by atoms with Crippen LogP contribution in [-0.2, 0) is 11.3 Å². The molecule has 0 bridgehead atoms. The van der Waals surface area contributed by atoms with E-state index in [-0.39, 0.29) is 6.03 Å². The second-order valence-electron chi connectivity index (χ2n) is 5.17. The van der Waals surface area contributed by atoms with Crippen molar-refractivity contribution in [1.82, 2.24) is 10.2 Å². The zero-order valence-electron chi connectivity index (χ0n) is 11.6. The van der Waals surface area contributed by atoms with Crippen molar-refractivity contribution >= 4 is 12.0 Å². The topological polar surface area (TPSA) is 69.6 Å². The van der Waals surface area contributed by atoms with Crippen LogP contribution in [0.15, 0.2) is 30.3 Å². The molecule has 5 nitrogen and oxygen atoms in total. The number of benzene rings is 1. The van der Waals surface area contributed by atoms with Crippen molar-refractivity contribution in [2.45, 2.75) is 38.3 Å². The van der Waals surface area contributed by atoms with Crippen LogP contribution in [0.5, 0.6) is 0 Å². The summed E-state index contributed by atoms with van der Waals surface area (Å²) < 4.78 is 0. The Hall–Kier alpha value is -2.04. The number of hydrogen-bond donors (Lipinski definition) is 2. The van der Waals surface area contributed by atoms with Crippen LogP contribution in [0.2, 0.25) is 0 Å². The van der Waals surface area contributed by atoms with Crippen molar-refractivity contribution < 1.29 is 14.7 Å². The molecule has 1 saturated carbocycles. The Balaban J connectivity index is 2.01. The summed E-state index contributed by atoms with van der Waals surface area (Å²) in [6, 6.07) is 9.36. The summed E-state index contributed by atoms with van der Waals surface area (Å²) in [6.07, 6.45) is 1.87. The van der Waals surface area contributed by atoms with Crippen LogP contribution < -0.4 is 5.32 Å². The molecule has 0 aliphatic heterocycles. The molecular weight excluding hydrogens is 256 g/mol. The maximum absolute atomic E-state index is 12.2. The summed E-state index contributed by atoms with van der Waals surface area (Å²) in [4.78, 5) is 25.1. The predicted molar refractivity (Wildman–Crippen MR) is 75.3 cm³/mol. The molecule has 1 fully saturated rings. The Morgan fingerprint density at radius 2 is 1.95 bits per heavy atom. The van der Waals surface area contributed by atoms with E-state index in [1.165, 1.54) is 0 Å². The first-order valence-electron chi connectivity index (χ1n) is 6.92. The number of nitrogens with one attached hydrogen (secondary N) is 1. The number of urea groups is 1. The second-order valence-corrected chi connectivity index (χ2v) is 5.17. The van der Waals surface area contributed by atoms with Gasteiger partial charge in [-0.2, -0.15) is 0 Å². The van der Waals surface area contributed by atoms with Crippen molar-refractivity contribution in [2.24, 2.45) is 0 Å². The van der Waals surface area contributed by atoms with Gasteiger partial charge in [-0.3, -0.25) is 0 Å². The Bertz CT molecular complexity index is 483. The fraction of sp³-hybridized carbons (Fsp3) is 0.467. The van der Waals surface area contributed by atoms with E-state index < -0.39 is 11.5 Å². The number of carboxylic acids is 1. The van der Waals surface area contributed by atoms with E-state index in [0.29, 0.717) is 25.9 Å². The summed E-state index contributed by atoms with van der Waals surface area (Å²) in [6.45, 7) is 2.91. The van der Waals surface area contributed by atoms with Gasteiger partial charge in [0.05, 0.1) is 0 Å². The van der Waals surface area contributed by atoms with E-state index in [9.17, 15) is 14.7 Å². The normalized spacial score (nSPS) is 16.1. The second kappa shape index (κ2) is 5.94. The molecular formula is C15H20N2O3. The van der Waals surface area contributed by atoms with Gasteiger partial charge in [0.1, 0.15) is 5.54 Å². The molecule has 0 aromatic heterocycles. The van der Waals surface area contributed by atoms with Crippen molar-refractivity contribution in [1.29, 1.82) is 0 Å². The average Bonchev–Trinajstić information content (AvgIpc) is 2.40. The number of nitrogens with zero attached hydrogens (tertiary/aromatic N) is 1. The third kappa shape index (κ3) is 2.92. The molecule has 0 radical (unpaired) electrons. The standard InChI is InChI=1S/C15H20N2O3/c1-2-17(11-12-7-4-3-5-8-12)14(20)16-15(13(18)19)9-6-10-15/h3-5,7-8H,2,6,9-11H2,1H3,(H,16,20)(H,18,19). The third-order valence-electron chi connectivity index (χ3n) is 3.85. The Morgan fingerprint density at radius 3 is 2.40 bits per heavy atom. The Labute approximate surface area is 118 Å². The van der Waals surface area contributed by atoms with E-state index in [0.717, 1.165) is 12.0 Å².